The average molecular weight is 217 g/mol. The molecular weight excluding hydrogens is 203 g/mol. The maximum absolute atomic E-state index is 5.99. The molecule has 0 bridgehead atoms. The molecule has 5 heteroatoms. The zero-order valence-electron chi connectivity index (χ0n) is 7.28. The molecule has 1 unspecified atom stereocenters. The molecular formula is C6H14Cl2O2Si. The van der Waals surface area contributed by atoms with Crippen molar-refractivity contribution >= 4 is 30.3 Å². The number of hydrogen-bond donors (Lipinski definition) is 0. The van der Waals surface area contributed by atoms with Gasteiger partial charge in [0.25, 0.3) is 0 Å². The van der Waals surface area contributed by atoms with Crippen molar-refractivity contribution in [1.29, 1.82) is 0 Å². The Balaban J connectivity index is 4.02. The number of halogens is 2. The van der Waals surface area contributed by atoms with E-state index in [9.17, 15) is 0 Å². The molecule has 2 nitrogen and oxygen atoms in total. The summed E-state index contributed by atoms with van der Waals surface area (Å²) in [4.78, 5) is 0. The van der Waals surface area contributed by atoms with Crippen molar-refractivity contribution in [1.82, 2.24) is 0 Å². The molecule has 0 aromatic heterocycles. The number of methoxy groups -OCH3 is 1. The molecule has 0 aliphatic carbocycles. The van der Waals surface area contributed by atoms with Gasteiger partial charge >= 0.3 is 7.63 Å². The lowest BCUT2D eigenvalue weighted by Gasteiger charge is -2.30. The van der Waals surface area contributed by atoms with Crippen molar-refractivity contribution in [2.75, 3.05) is 12.6 Å². The minimum Gasteiger partial charge on any atom is -0.374 e. The molecule has 0 saturated heterocycles. The van der Waals surface area contributed by atoms with E-state index < -0.39 is 13.4 Å². The summed E-state index contributed by atoms with van der Waals surface area (Å²) in [5, 5.41) is 0. The van der Waals surface area contributed by atoms with Crippen LogP contribution in [0.3, 0.4) is 0 Å². The Morgan fingerprint density at radius 3 is 2.18 bits per heavy atom. The third-order valence-corrected chi connectivity index (χ3v) is 5.16. The first kappa shape index (κ1) is 11.7. The molecule has 0 aliphatic heterocycles. The Kier molecular flexibility index (Phi) is 4.36. The second-order valence-electron chi connectivity index (χ2n) is 2.94. The lowest BCUT2D eigenvalue weighted by atomic mass is 10.4. The molecule has 1 atom stereocenters. The van der Waals surface area contributed by atoms with E-state index in [1.54, 1.807) is 7.11 Å². The molecule has 11 heavy (non-hydrogen) atoms. The van der Waals surface area contributed by atoms with Crippen LogP contribution in [0.5, 0.6) is 0 Å². The third-order valence-electron chi connectivity index (χ3n) is 1.19. The smallest absolute Gasteiger partial charge is 0.304 e. The lowest BCUT2D eigenvalue weighted by molar-refractivity contribution is -0.138. The van der Waals surface area contributed by atoms with Crippen LogP contribution in [0.25, 0.3) is 0 Å². The molecule has 0 aliphatic rings. The highest BCUT2D eigenvalue weighted by atomic mass is 35.6. The van der Waals surface area contributed by atoms with Gasteiger partial charge in [-0.15, -0.1) is 22.7 Å². The van der Waals surface area contributed by atoms with E-state index in [2.05, 4.69) is 0 Å². The number of alkyl halides is 1. The topological polar surface area (TPSA) is 18.5 Å². The molecule has 0 N–H and O–H groups in total. The van der Waals surface area contributed by atoms with E-state index in [1.165, 1.54) is 0 Å². The summed E-state index contributed by atoms with van der Waals surface area (Å²) < 4.78 is 10.5. The first-order valence-electron chi connectivity index (χ1n) is 3.33. The van der Waals surface area contributed by atoms with Crippen LogP contribution < -0.4 is 0 Å². The van der Waals surface area contributed by atoms with Crippen LogP contribution in [0.2, 0.25) is 6.55 Å². The van der Waals surface area contributed by atoms with Crippen LogP contribution in [0.1, 0.15) is 13.8 Å². The second-order valence-corrected chi connectivity index (χ2v) is 8.82. The Morgan fingerprint density at radius 2 is 1.91 bits per heavy atom. The maximum atomic E-state index is 5.99. The summed E-state index contributed by atoms with van der Waals surface area (Å²) in [6, 6.07) is 0. The Labute approximate surface area is 78.6 Å². The Bertz CT molecular complexity index is 114. The number of hydrogen-bond acceptors (Lipinski definition) is 2. The van der Waals surface area contributed by atoms with Crippen molar-refractivity contribution in [3.8, 4) is 0 Å². The van der Waals surface area contributed by atoms with E-state index >= 15 is 0 Å². The van der Waals surface area contributed by atoms with Gasteiger partial charge in [0.1, 0.15) is 0 Å². The van der Waals surface area contributed by atoms with Gasteiger partial charge in [0.2, 0.25) is 0 Å². The molecule has 0 aromatic rings. The first-order chi connectivity index (χ1) is 4.83. The van der Waals surface area contributed by atoms with Gasteiger partial charge in [-0.3, -0.25) is 0 Å². The summed E-state index contributed by atoms with van der Waals surface area (Å²) in [5.74, 6) is -0.627. The molecule has 0 rings (SSSR count). The van der Waals surface area contributed by atoms with Crippen molar-refractivity contribution in [3.63, 3.8) is 0 Å². The van der Waals surface area contributed by atoms with Crippen molar-refractivity contribution in [2.24, 2.45) is 0 Å². The van der Waals surface area contributed by atoms with Crippen LogP contribution in [-0.4, -0.2) is 26.0 Å². The number of ether oxygens (including phenoxy) is 1. The van der Waals surface area contributed by atoms with Gasteiger partial charge in [-0.25, -0.2) is 0 Å². The lowest BCUT2D eigenvalue weighted by Crippen LogP contribution is -2.42. The van der Waals surface area contributed by atoms with Crippen molar-refractivity contribution in [2.45, 2.75) is 26.2 Å². The van der Waals surface area contributed by atoms with Gasteiger partial charge in [-0.1, -0.05) is 0 Å². The summed E-state index contributed by atoms with van der Waals surface area (Å²) in [6.07, 6.45) is 0. The third kappa shape index (κ3) is 5.04. The standard InChI is InChI=1S/C6H14Cl2O2Si/c1-6(2,9-3)10-11(4,8)5-7/h5H2,1-4H3. The predicted octanol–water partition coefficient (Wildman–Crippen LogP) is 2.47. The molecule has 0 amide bonds. The fraction of sp³-hybridized carbons (Fsp3) is 1.00. The summed E-state index contributed by atoms with van der Waals surface area (Å²) in [6.45, 7) is 5.46. The highest BCUT2D eigenvalue weighted by molar-refractivity contribution is 7.18. The summed E-state index contributed by atoms with van der Waals surface area (Å²) in [5.41, 5.74) is 0.362. The molecule has 0 saturated carbocycles. The van der Waals surface area contributed by atoms with Gasteiger partial charge in [0.05, 0.1) is 5.50 Å². The second kappa shape index (κ2) is 4.10. The largest absolute Gasteiger partial charge is 0.374 e. The van der Waals surface area contributed by atoms with Crippen LogP contribution >= 0.6 is 22.7 Å². The normalized spacial score (nSPS) is 18.0. The maximum Gasteiger partial charge on any atom is 0.304 e. The van der Waals surface area contributed by atoms with E-state index in [0.717, 1.165) is 0 Å². The van der Waals surface area contributed by atoms with E-state index in [0.29, 0.717) is 5.50 Å². The van der Waals surface area contributed by atoms with Crippen molar-refractivity contribution < 1.29 is 9.16 Å². The molecule has 0 heterocycles. The molecule has 68 valence electrons. The molecule has 0 spiro atoms. The van der Waals surface area contributed by atoms with Crippen LogP contribution in [0.4, 0.5) is 0 Å². The minimum absolute atomic E-state index is 0.362. The monoisotopic (exact) mass is 216 g/mol. The zero-order valence-corrected chi connectivity index (χ0v) is 9.79. The minimum atomic E-state index is -2.22. The SMILES string of the molecule is COC(C)(C)O[Si](C)(Cl)CCl. The average Bonchev–Trinajstić information content (AvgIpc) is 1.86. The zero-order chi connectivity index (χ0) is 9.12. The van der Waals surface area contributed by atoms with Gasteiger partial charge < -0.3 is 9.16 Å². The molecule has 0 radical (unpaired) electrons. The van der Waals surface area contributed by atoms with Crippen molar-refractivity contribution in [3.05, 3.63) is 0 Å². The van der Waals surface area contributed by atoms with E-state index in [1.807, 2.05) is 20.4 Å². The highest BCUT2D eigenvalue weighted by Crippen LogP contribution is 2.21. The molecule has 0 aromatic carbocycles. The predicted molar refractivity (Wildman–Crippen MR) is 50.4 cm³/mol. The quantitative estimate of drug-likeness (QED) is 0.311. The fourth-order valence-electron chi connectivity index (χ4n) is 0.581. The Morgan fingerprint density at radius 1 is 1.45 bits per heavy atom. The highest BCUT2D eigenvalue weighted by Gasteiger charge is 2.33. The van der Waals surface area contributed by atoms with Gasteiger partial charge in [-0.05, 0) is 20.4 Å². The van der Waals surface area contributed by atoms with Gasteiger partial charge in [-0.2, -0.15) is 0 Å². The van der Waals surface area contributed by atoms with Gasteiger partial charge in [0.15, 0.2) is 5.79 Å². The van der Waals surface area contributed by atoms with Crippen LogP contribution in [0.15, 0.2) is 0 Å². The summed E-state index contributed by atoms with van der Waals surface area (Å²) >= 11 is 11.6. The molecule has 0 fully saturated rings. The van der Waals surface area contributed by atoms with Crippen LogP contribution in [-0.2, 0) is 9.16 Å². The Hall–Kier alpha value is 0.717. The fourth-order valence-corrected chi connectivity index (χ4v) is 2.47. The van der Waals surface area contributed by atoms with Crippen LogP contribution in [0, 0.1) is 0 Å². The van der Waals surface area contributed by atoms with Gasteiger partial charge in [0, 0.05) is 7.11 Å². The first-order valence-corrected chi connectivity index (χ1v) is 7.49. The van der Waals surface area contributed by atoms with E-state index in [-0.39, 0.29) is 0 Å². The summed E-state index contributed by atoms with van der Waals surface area (Å²) in [7, 11) is -0.642. The van der Waals surface area contributed by atoms with E-state index in [4.69, 9.17) is 31.8 Å². The number of rotatable bonds is 4.